The van der Waals surface area contributed by atoms with Gasteiger partial charge in [0.1, 0.15) is 11.8 Å². The number of hydrogen-bond acceptors (Lipinski definition) is 4. The molecule has 6 heteroatoms. The van der Waals surface area contributed by atoms with Crippen LogP contribution in [0.25, 0.3) is 0 Å². The van der Waals surface area contributed by atoms with Gasteiger partial charge < -0.3 is 20.6 Å². The smallest absolute Gasteiger partial charge is 0.251 e. The number of amides is 2. The summed E-state index contributed by atoms with van der Waals surface area (Å²) in [5, 5.41) is 16.7. The fourth-order valence-electron chi connectivity index (χ4n) is 4.86. The Hall–Kier alpha value is -2.08. The van der Waals surface area contributed by atoms with Crippen molar-refractivity contribution < 1.29 is 14.7 Å². The molecule has 31 heavy (non-hydrogen) atoms. The van der Waals surface area contributed by atoms with E-state index in [-0.39, 0.29) is 34.6 Å². The van der Waals surface area contributed by atoms with Crippen LogP contribution in [0.4, 0.5) is 0 Å². The van der Waals surface area contributed by atoms with Gasteiger partial charge in [0, 0.05) is 35.3 Å². The lowest BCUT2D eigenvalue weighted by molar-refractivity contribution is -0.131. The van der Waals surface area contributed by atoms with Gasteiger partial charge in [-0.15, -0.1) is 0 Å². The third-order valence-corrected chi connectivity index (χ3v) is 6.39. The molecule has 0 spiro atoms. The molecule has 1 aromatic rings. The van der Waals surface area contributed by atoms with Crippen LogP contribution in [0, 0.1) is 0 Å². The number of benzene rings is 1. The second kappa shape index (κ2) is 8.81. The van der Waals surface area contributed by atoms with Crippen molar-refractivity contribution >= 4 is 11.8 Å². The highest BCUT2D eigenvalue weighted by Gasteiger charge is 2.38. The van der Waals surface area contributed by atoms with E-state index in [1.807, 2.05) is 25.7 Å². The molecule has 6 nitrogen and oxygen atoms in total. The maximum absolute atomic E-state index is 13.0. The zero-order valence-electron chi connectivity index (χ0n) is 19.9. The van der Waals surface area contributed by atoms with Crippen molar-refractivity contribution in [3.05, 3.63) is 29.3 Å². The standard InChI is InChI=1S/C25H39N3O3/c1-24(2,3)19-15-16(7-12-21(19)29)22(30)26-20-13-14-28(23(20)31)18-10-8-17(9-11-18)27-25(4,5)6/h7,12,15,17-18,20,27,29H,8-11,13-14H2,1-6H3,(H,26,30)/t17?,18?,20-/m0/s1. The summed E-state index contributed by atoms with van der Waals surface area (Å²) in [6.07, 6.45) is 4.81. The van der Waals surface area contributed by atoms with Gasteiger partial charge in [-0.3, -0.25) is 9.59 Å². The molecule has 1 saturated carbocycles. The van der Waals surface area contributed by atoms with Gasteiger partial charge in [-0.25, -0.2) is 0 Å². The maximum Gasteiger partial charge on any atom is 0.251 e. The third kappa shape index (κ3) is 5.79. The fourth-order valence-corrected chi connectivity index (χ4v) is 4.86. The molecular formula is C25H39N3O3. The Balaban J connectivity index is 1.58. The third-order valence-electron chi connectivity index (χ3n) is 6.39. The lowest BCUT2D eigenvalue weighted by Crippen LogP contribution is -2.49. The number of phenols is 1. The molecule has 3 N–H and O–H groups in total. The number of phenolic OH excluding ortho intramolecular Hbond substituents is 1. The molecule has 0 bridgehead atoms. The minimum absolute atomic E-state index is 0.0374. The van der Waals surface area contributed by atoms with Crippen molar-refractivity contribution in [2.75, 3.05) is 6.54 Å². The molecule has 1 saturated heterocycles. The molecule has 1 aromatic carbocycles. The molecular weight excluding hydrogens is 390 g/mol. The van der Waals surface area contributed by atoms with Crippen LogP contribution in [0.5, 0.6) is 5.75 Å². The first-order valence-electron chi connectivity index (χ1n) is 11.6. The van der Waals surface area contributed by atoms with Gasteiger partial charge in [-0.05, 0) is 76.5 Å². The summed E-state index contributed by atoms with van der Waals surface area (Å²) in [6.45, 7) is 13.3. The molecule has 1 aliphatic heterocycles. The Morgan fingerprint density at radius 1 is 1.03 bits per heavy atom. The van der Waals surface area contributed by atoms with Crippen molar-refractivity contribution in [1.29, 1.82) is 0 Å². The van der Waals surface area contributed by atoms with E-state index < -0.39 is 6.04 Å². The van der Waals surface area contributed by atoms with Crippen molar-refractivity contribution in [2.45, 2.75) is 103 Å². The van der Waals surface area contributed by atoms with Crippen LogP contribution in [-0.2, 0) is 10.2 Å². The van der Waals surface area contributed by atoms with Crippen LogP contribution in [0.2, 0.25) is 0 Å². The summed E-state index contributed by atoms with van der Waals surface area (Å²) >= 11 is 0. The summed E-state index contributed by atoms with van der Waals surface area (Å²) in [5.74, 6) is -0.0390. The maximum atomic E-state index is 13.0. The first-order chi connectivity index (χ1) is 14.3. The molecule has 0 radical (unpaired) electrons. The van der Waals surface area contributed by atoms with Gasteiger partial charge in [0.2, 0.25) is 5.91 Å². The quantitative estimate of drug-likeness (QED) is 0.681. The van der Waals surface area contributed by atoms with Crippen LogP contribution >= 0.6 is 0 Å². The Morgan fingerprint density at radius 2 is 1.68 bits per heavy atom. The second-order valence-corrected chi connectivity index (χ2v) is 11.2. The van der Waals surface area contributed by atoms with E-state index in [0.29, 0.717) is 24.6 Å². The fraction of sp³-hybridized carbons (Fsp3) is 0.680. The van der Waals surface area contributed by atoms with Crippen LogP contribution in [0.15, 0.2) is 18.2 Å². The summed E-state index contributed by atoms with van der Waals surface area (Å²) in [7, 11) is 0. The van der Waals surface area contributed by atoms with Gasteiger partial charge in [0.25, 0.3) is 5.91 Å². The molecule has 0 aromatic heterocycles. The minimum Gasteiger partial charge on any atom is -0.508 e. The SMILES string of the molecule is CC(C)(C)NC1CCC(N2CC[C@H](NC(=O)c3ccc(O)c(C(C)(C)C)c3)C2=O)CC1. The van der Waals surface area contributed by atoms with Gasteiger partial charge in [0.15, 0.2) is 0 Å². The predicted octanol–water partition coefficient (Wildman–Crippen LogP) is 3.72. The molecule has 2 fully saturated rings. The molecule has 1 heterocycles. The zero-order valence-corrected chi connectivity index (χ0v) is 19.9. The molecule has 1 atom stereocenters. The molecule has 0 unspecified atom stereocenters. The van der Waals surface area contributed by atoms with Crippen LogP contribution < -0.4 is 10.6 Å². The highest BCUT2D eigenvalue weighted by Crippen LogP contribution is 2.32. The topological polar surface area (TPSA) is 81.7 Å². The van der Waals surface area contributed by atoms with E-state index in [4.69, 9.17) is 0 Å². The van der Waals surface area contributed by atoms with E-state index in [9.17, 15) is 14.7 Å². The van der Waals surface area contributed by atoms with Gasteiger partial charge in [0.05, 0.1) is 0 Å². The van der Waals surface area contributed by atoms with E-state index in [1.54, 1.807) is 18.2 Å². The Kier molecular flexibility index (Phi) is 6.70. The van der Waals surface area contributed by atoms with Crippen molar-refractivity contribution in [1.82, 2.24) is 15.5 Å². The van der Waals surface area contributed by atoms with E-state index in [1.165, 1.54) is 0 Å². The monoisotopic (exact) mass is 429 g/mol. The lowest BCUT2D eigenvalue weighted by atomic mass is 9.85. The highest BCUT2D eigenvalue weighted by atomic mass is 16.3. The van der Waals surface area contributed by atoms with Crippen molar-refractivity contribution in [3.8, 4) is 5.75 Å². The Morgan fingerprint density at radius 3 is 2.26 bits per heavy atom. The zero-order chi connectivity index (χ0) is 23.0. The number of nitrogens with one attached hydrogen (secondary N) is 2. The van der Waals surface area contributed by atoms with Gasteiger partial charge >= 0.3 is 0 Å². The minimum atomic E-state index is -0.468. The normalized spacial score (nSPS) is 25.0. The lowest BCUT2D eigenvalue weighted by Gasteiger charge is -2.37. The van der Waals surface area contributed by atoms with Crippen molar-refractivity contribution in [2.24, 2.45) is 0 Å². The van der Waals surface area contributed by atoms with E-state index >= 15 is 0 Å². The van der Waals surface area contributed by atoms with Crippen LogP contribution in [-0.4, -0.2) is 52.0 Å². The summed E-state index contributed by atoms with van der Waals surface area (Å²) in [5.41, 5.74) is 1.03. The van der Waals surface area contributed by atoms with Gasteiger partial charge in [-0.2, -0.15) is 0 Å². The second-order valence-electron chi connectivity index (χ2n) is 11.2. The largest absolute Gasteiger partial charge is 0.508 e. The van der Waals surface area contributed by atoms with E-state index in [0.717, 1.165) is 31.2 Å². The number of hydrogen-bond donors (Lipinski definition) is 3. The van der Waals surface area contributed by atoms with Crippen LogP contribution in [0.1, 0.15) is 89.6 Å². The number of nitrogens with zero attached hydrogens (tertiary/aromatic N) is 1. The first kappa shape index (κ1) is 23.6. The average Bonchev–Trinajstić information content (AvgIpc) is 3.01. The Bertz CT molecular complexity index is 814. The number of aromatic hydroxyl groups is 1. The molecule has 2 amide bonds. The predicted molar refractivity (Wildman–Crippen MR) is 123 cm³/mol. The van der Waals surface area contributed by atoms with Crippen molar-refractivity contribution in [3.63, 3.8) is 0 Å². The average molecular weight is 430 g/mol. The molecule has 2 aliphatic rings. The number of rotatable bonds is 4. The van der Waals surface area contributed by atoms with E-state index in [2.05, 4.69) is 31.4 Å². The molecule has 1 aliphatic carbocycles. The number of carbonyl (C=O) groups is 2. The number of carbonyl (C=O) groups excluding carboxylic acids is 2. The first-order valence-corrected chi connectivity index (χ1v) is 11.6. The molecule has 3 rings (SSSR count). The Labute approximate surface area is 186 Å². The van der Waals surface area contributed by atoms with Gasteiger partial charge in [-0.1, -0.05) is 20.8 Å². The summed E-state index contributed by atoms with van der Waals surface area (Å²) in [4.78, 5) is 27.8. The van der Waals surface area contributed by atoms with Crippen LogP contribution in [0.3, 0.4) is 0 Å². The highest BCUT2D eigenvalue weighted by molar-refractivity contribution is 5.98. The summed E-state index contributed by atoms with van der Waals surface area (Å²) < 4.78 is 0. The molecule has 172 valence electrons. The summed E-state index contributed by atoms with van der Waals surface area (Å²) in [6, 6.07) is 5.21. The number of likely N-dealkylation sites (tertiary alicyclic amines) is 1.